The number of ether oxygens (including phenoxy) is 1. The number of hydrogen-bond acceptors (Lipinski definition) is 3. The molecular weight excluding hydrogens is 296 g/mol. The summed E-state index contributed by atoms with van der Waals surface area (Å²) in [5.74, 6) is -1.08. The van der Waals surface area contributed by atoms with Crippen LogP contribution in [0.3, 0.4) is 0 Å². The quantitative estimate of drug-likeness (QED) is 0.943. The maximum absolute atomic E-state index is 12.9. The number of halogens is 2. The molecule has 7 heteroatoms. The molecule has 1 aromatic heterocycles. The third-order valence-electron chi connectivity index (χ3n) is 3.22. The second kappa shape index (κ2) is 5.97. The third kappa shape index (κ3) is 2.83. The molecule has 1 aromatic carbocycles. The standard InChI is InChI=1S/C15H13F2NO4/c1-18-7-11(10(15(20)21)6-13(18)19)9-5-8(14(16)17)3-4-12(9)22-2/h3-7,14H,1-2H3,(H,20,21). The summed E-state index contributed by atoms with van der Waals surface area (Å²) < 4.78 is 32.1. The molecule has 1 heterocycles. The van der Waals surface area contributed by atoms with Crippen molar-refractivity contribution in [3.8, 4) is 16.9 Å². The molecule has 5 nitrogen and oxygen atoms in total. The molecule has 0 aliphatic carbocycles. The zero-order valence-corrected chi connectivity index (χ0v) is 11.8. The molecule has 2 rings (SSSR count). The molecule has 2 aromatic rings. The molecule has 0 saturated carbocycles. The predicted octanol–water partition coefficient (Wildman–Crippen LogP) is 2.70. The van der Waals surface area contributed by atoms with E-state index in [0.717, 1.165) is 12.1 Å². The van der Waals surface area contributed by atoms with Crippen molar-refractivity contribution in [2.75, 3.05) is 7.11 Å². The minimum absolute atomic E-state index is 0.133. The number of hydrogen-bond donors (Lipinski definition) is 1. The maximum atomic E-state index is 12.9. The highest BCUT2D eigenvalue weighted by atomic mass is 19.3. The number of methoxy groups -OCH3 is 1. The lowest BCUT2D eigenvalue weighted by Crippen LogP contribution is -2.18. The summed E-state index contributed by atoms with van der Waals surface area (Å²) in [6, 6.07) is 4.66. The number of aromatic nitrogens is 1. The Morgan fingerprint density at radius 1 is 1.27 bits per heavy atom. The number of alkyl halides is 2. The Bertz CT molecular complexity index is 784. The van der Waals surface area contributed by atoms with E-state index < -0.39 is 18.0 Å². The van der Waals surface area contributed by atoms with Crippen LogP contribution < -0.4 is 10.3 Å². The summed E-state index contributed by atoms with van der Waals surface area (Å²) >= 11 is 0. The Kier molecular flexibility index (Phi) is 4.25. The van der Waals surface area contributed by atoms with Gasteiger partial charge in [-0.05, 0) is 18.2 Å². The van der Waals surface area contributed by atoms with Gasteiger partial charge in [-0.25, -0.2) is 13.6 Å². The molecule has 0 unspecified atom stereocenters. The van der Waals surface area contributed by atoms with Gasteiger partial charge < -0.3 is 14.4 Å². The first kappa shape index (κ1) is 15.7. The van der Waals surface area contributed by atoms with Crippen molar-refractivity contribution >= 4 is 5.97 Å². The summed E-state index contributed by atoms with van der Waals surface area (Å²) in [7, 11) is 2.80. The van der Waals surface area contributed by atoms with Crippen molar-refractivity contribution < 1.29 is 23.4 Å². The fourth-order valence-electron chi connectivity index (χ4n) is 2.09. The molecule has 1 N–H and O–H groups in total. The number of aryl methyl sites for hydroxylation is 1. The highest BCUT2D eigenvalue weighted by Crippen LogP contribution is 2.35. The van der Waals surface area contributed by atoms with Crippen molar-refractivity contribution in [1.29, 1.82) is 0 Å². The minimum Gasteiger partial charge on any atom is -0.496 e. The van der Waals surface area contributed by atoms with E-state index in [2.05, 4.69) is 0 Å². The molecule has 0 atom stereocenters. The second-order valence-corrected chi connectivity index (χ2v) is 4.62. The molecule has 0 saturated heterocycles. The van der Waals surface area contributed by atoms with E-state index in [1.54, 1.807) is 0 Å². The van der Waals surface area contributed by atoms with E-state index in [-0.39, 0.29) is 28.0 Å². The zero-order chi connectivity index (χ0) is 16.4. The van der Waals surface area contributed by atoms with Gasteiger partial charge in [0, 0.05) is 36.0 Å². The lowest BCUT2D eigenvalue weighted by atomic mass is 9.99. The Labute approximate surface area is 124 Å². The summed E-state index contributed by atoms with van der Waals surface area (Å²) in [6.45, 7) is 0. The molecule has 0 aliphatic rings. The lowest BCUT2D eigenvalue weighted by Gasteiger charge is -2.14. The fraction of sp³-hybridized carbons (Fsp3) is 0.200. The van der Waals surface area contributed by atoms with Crippen molar-refractivity contribution in [1.82, 2.24) is 4.57 Å². The molecule has 116 valence electrons. The number of carboxylic acid groups (broad SMARTS) is 1. The molecule has 0 bridgehead atoms. The van der Waals surface area contributed by atoms with Gasteiger partial charge in [0.1, 0.15) is 5.75 Å². The summed E-state index contributed by atoms with van der Waals surface area (Å²) in [5.41, 5.74) is -0.721. The largest absolute Gasteiger partial charge is 0.496 e. The van der Waals surface area contributed by atoms with E-state index in [4.69, 9.17) is 4.74 Å². The van der Waals surface area contributed by atoms with Gasteiger partial charge in [-0.1, -0.05) is 0 Å². The van der Waals surface area contributed by atoms with Gasteiger partial charge in [0.25, 0.3) is 12.0 Å². The van der Waals surface area contributed by atoms with Gasteiger partial charge in [0.05, 0.1) is 12.7 Å². The van der Waals surface area contributed by atoms with Gasteiger partial charge in [-0.15, -0.1) is 0 Å². The van der Waals surface area contributed by atoms with E-state index in [0.29, 0.717) is 0 Å². The molecule has 22 heavy (non-hydrogen) atoms. The second-order valence-electron chi connectivity index (χ2n) is 4.62. The van der Waals surface area contributed by atoms with Crippen LogP contribution in [0.4, 0.5) is 8.78 Å². The number of nitrogens with zero attached hydrogens (tertiary/aromatic N) is 1. The average Bonchev–Trinajstić information content (AvgIpc) is 2.48. The van der Waals surface area contributed by atoms with Gasteiger partial charge in [-0.2, -0.15) is 0 Å². The van der Waals surface area contributed by atoms with Crippen LogP contribution in [0.2, 0.25) is 0 Å². The highest BCUT2D eigenvalue weighted by Gasteiger charge is 2.19. The number of benzene rings is 1. The van der Waals surface area contributed by atoms with Gasteiger partial charge in [0.15, 0.2) is 0 Å². The summed E-state index contributed by atoms with van der Waals surface area (Å²) in [6.07, 6.45) is -1.41. The lowest BCUT2D eigenvalue weighted by molar-refractivity contribution is 0.0697. The Morgan fingerprint density at radius 2 is 1.95 bits per heavy atom. The van der Waals surface area contributed by atoms with Crippen molar-refractivity contribution in [2.24, 2.45) is 7.05 Å². The summed E-state index contributed by atoms with van der Waals surface area (Å²) in [4.78, 5) is 22.9. The third-order valence-corrected chi connectivity index (χ3v) is 3.22. The summed E-state index contributed by atoms with van der Waals surface area (Å²) in [5, 5.41) is 9.25. The van der Waals surface area contributed by atoms with Crippen LogP contribution >= 0.6 is 0 Å². The van der Waals surface area contributed by atoms with E-state index in [1.807, 2.05) is 0 Å². The van der Waals surface area contributed by atoms with Crippen LogP contribution in [0.25, 0.3) is 11.1 Å². The molecule has 0 radical (unpaired) electrons. The normalized spacial score (nSPS) is 10.8. The fourth-order valence-corrected chi connectivity index (χ4v) is 2.09. The van der Waals surface area contributed by atoms with Crippen molar-refractivity contribution in [2.45, 2.75) is 6.43 Å². The van der Waals surface area contributed by atoms with Crippen LogP contribution in [0, 0.1) is 0 Å². The monoisotopic (exact) mass is 309 g/mol. The first-order valence-electron chi connectivity index (χ1n) is 6.25. The van der Waals surface area contributed by atoms with Crippen LogP contribution in [-0.2, 0) is 7.05 Å². The Hall–Kier alpha value is -2.70. The topological polar surface area (TPSA) is 68.5 Å². The predicted molar refractivity (Wildman–Crippen MR) is 75.6 cm³/mol. The zero-order valence-electron chi connectivity index (χ0n) is 11.8. The number of carboxylic acids is 1. The maximum Gasteiger partial charge on any atom is 0.336 e. The van der Waals surface area contributed by atoms with Crippen molar-refractivity contribution in [3.05, 3.63) is 51.9 Å². The van der Waals surface area contributed by atoms with E-state index in [1.165, 1.54) is 37.1 Å². The van der Waals surface area contributed by atoms with Gasteiger partial charge in [-0.3, -0.25) is 4.79 Å². The first-order chi connectivity index (χ1) is 10.3. The Balaban J connectivity index is 2.80. The van der Waals surface area contributed by atoms with Crippen LogP contribution in [0.1, 0.15) is 22.3 Å². The molecule has 0 amide bonds. The minimum atomic E-state index is -2.70. The molecular formula is C15H13F2NO4. The first-order valence-corrected chi connectivity index (χ1v) is 6.25. The highest BCUT2D eigenvalue weighted by molar-refractivity contribution is 5.96. The number of rotatable bonds is 4. The smallest absolute Gasteiger partial charge is 0.336 e. The number of carbonyl (C=O) groups is 1. The number of pyridine rings is 1. The Morgan fingerprint density at radius 3 is 2.50 bits per heavy atom. The molecule has 0 aliphatic heterocycles. The van der Waals surface area contributed by atoms with Crippen LogP contribution in [-0.4, -0.2) is 22.8 Å². The SMILES string of the molecule is COc1ccc(C(F)F)cc1-c1cn(C)c(=O)cc1C(=O)O. The van der Waals surface area contributed by atoms with E-state index in [9.17, 15) is 23.5 Å². The molecule has 0 spiro atoms. The van der Waals surface area contributed by atoms with E-state index >= 15 is 0 Å². The number of aromatic carboxylic acids is 1. The average molecular weight is 309 g/mol. The van der Waals surface area contributed by atoms with Crippen LogP contribution in [0.15, 0.2) is 35.3 Å². The molecule has 0 fully saturated rings. The van der Waals surface area contributed by atoms with Crippen LogP contribution in [0.5, 0.6) is 5.75 Å². The van der Waals surface area contributed by atoms with Gasteiger partial charge >= 0.3 is 5.97 Å². The van der Waals surface area contributed by atoms with Crippen molar-refractivity contribution in [3.63, 3.8) is 0 Å². The van der Waals surface area contributed by atoms with Gasteiger partial charge in [0.2, 0.25) is 0 Å².